The number of carbonyl (C=O) groups excluding carboxylic acids is 1. The predicted octanol–water partition coefficient (Wildman–Crippen LogP) is 2.82. The van der Waals surface area contributed by atoms with Gasteiger partial charge in [0.2, 0.25) is 0 Å². The van der Waals surface area contributed by atoms with Crippen LogP contribution in [0.4, 0.5) is 0 Å². The molecule has 0 radical (unpaired) electrons. The summed E-state index contributed by atoms with van der Waals surface area (Å²) in [6.45, 7) is 0.485. The van der Waals surface area contributed by atoms with Crippen LogP contribution in [0, 0.1) is 0 Å². The largest absolute Gasteiger partial charge is 0.451 e. The summed E-state index contributed by atoms with van der Waals surface area (Å²) < 4.78 is 5.61. The number of carbonyl (C=O) groups is 1. The Morgan fingerprint density at radius 2 is 2.00 bits per heavy atom. The Morgan fingerprint density at radius 1 is 1.25 bits per heavy atom. The highest BCUT2D eigenvalue weighted by Gasteiger charge is 2.33. The zero-order chi connectivity index (χ0) is 14.0. The summed E-state index contributed by atoms with van der Waals surface area (Å²) in [6, 6.07) is 9.43. The van der Waals surface area contributed by atoms with Crippen molar-refractivity contribution in [1.82, 2.24) is 5.32 Å². The maximum absolute atomic E-state index is 12.4. The van der Waals surface area contributed by atoms with Crippen molar-refractivity contribution in [2.24, 2.45) is 5.73 Å². The highest BCUT2D eigenvalue weighted by atomic mass is 16.3. The molecule has 0 bridgehead atoms. The molecule has 0 atom stereocenters. The standard InChI is InChI=1S/C16H20N2O2/c17-11-16(8-4-1-5-9-16)18-15(19)14-10-12-6-2-3-7-13(12)20-14/h2-3,6-7,10H,1,4-5,8-9,11,17H2,(H,18,19). The van der Waals surface area contributed by atoms with Crippen molar-refractivity contribution in [1.29, 1.82) is 0 Å². The molecule has 1 fully saturated rings. The average molecular weight is 272 g/mol. The van der Waals surface area contributed by atoms with Crippen molar-refractivity contribution in [3.8, 4) is 0 Å². The van der Waals surface area contributed by atoms with E-state index in [2.05, 4.69) is 5.32 Å². The van der Waals surface area contributed by atoms with Crippen LogP contribution in [0.5, 0.6) is 0 Å². The second-order valence-electron chi connectivity index (χ2n) is 5.65. The normalized spacial score (nSPS) is 18.1. The number of nitrogens with one attached hydrogen (secondary N) is 1. The van der Waals surface area contributed by atoms with Crippen LogP contribution in [0.2, 0.25) is 0 Å². The first-order valence-electron chi connectivity index (χ1n) is 7.24. The molecular formula is C16H20N2O2. The van der Waals surface area contributed by atoms with E-state index >= 15 is 0 Å². The SMILES string of the molecule is NCC1(NC(=O)c2cc3ccccc3o2)CCCCC1. The molecule has 1 aliphatic carbocycles. The number of hydrogen-bond acceptors (Lipinski definition) is 3. The Labute approximate surface area is 118 Å². The molecule has 1 aromatic heterocycles. The number of fused-ring (bicyclic) bond motifs is 1. The maximum Gasteiger partial charge on any atom is 0.287 e. The number of benzene rings is 1. The lowest BCUT2D eigenvalue weighted by Gasteiger charge is -2.36. The highest BCUT2D eigenvalue weighted by molar-refractivity contribution is 5.96. The van der Waals surface area contributed by atoms with Gasteiger partial charge in [0.1, 0.15) is 5.58 Å². The summed E-state index contributed by atoms with van der Waals surface area (Å²) in [5, 5.41) is 4.05. The molecule has 4 heteroatoms. The van der Waals surface area contributed by atoms with Gasteiger partial charge in [0.15, 0.2) is 5.76 Å². The van der Waals surface area contributed by atoms with Crippen molar-refractivity contribution < 1.29 is 9.21 Å². The lowest BCUT2D eigenvalue weighted by molar-refractivity contribution is 0.0848. The lowest BCUT2D eigenvalue weighted by Crippen LogP contribution is -2.54. The Hall–Kier alpha value is -1.81. The Bertz CT molecular complexity index is 579. The molecular weight excluding hydrogens is 252 g/mol. The zero-order valence-electron chi connectivity index (χ0n) is 11.5. The molecule has 0 saturated heterocycles. The maximum atomic E-state index is 12.4. The number of nitrogens with two attached hydrogens (primary N) is 1. The summed E-state index contributed by atoms with van der Waals surface area (Å²) in [4.78, 5) is 12.4. The Kier molecular flexibility index (Phi) is 3.49. The summed E-state index contributed by atoms with van der Waals surface area (Å²) in [5.41, 5.74) is 6.38. The van der Waals surface area contributed by atoms with Gasteiger partial charge < -0.3 is 15.5 Å². The summed E-state index contributed by atoms with van der Waals surface area (Å²) >= 11 is 0. The van der Waals surface area contributed by atoms with Crippen LogP contribution in [-0.4, -0.2) is 18.0 Å². The molecule has 20 heavy (non-hydrogen) atoms. The van der Waals surface area contributed by atoms with E-state index in [1.54, 1.807) is 6.07 Å². The predicted molar refractivity (Wildman–Crippen MR) is 78.6 cm³/mol. The van der Waals surface area contributed by atoms with Crippen LogP contribution in [0.25, 0.3) is 11.0 Å². The van der Waals surface area contributed by atoms with Gasteiger partial charge in [-0.15, -0.1) is 0 Å². The third-order valence-electron chi connectivity index (χ3n) is 4.23. The average Bonchev–Trinajstić information content (AvgIpc) is 2.92. The smallest absolute Gasteiger partial charge is 0.287 e. The summed E-state index contributed by atoms with van der Waals surface area (Å²) in [7, 11) is 0. The number of rotatable bonds is 3. The van der Waals surface area contributed by atoms with Gasteiger partial charge in [0.05, 0.1) is 5.54 Å². The lowest BCUT2D eigenvalue weighted by atomic mass is 9.81. The molecule has 3 rings (SSSR count). The van der Waals surface area contributed by atoms with Gasteiger partial charge in [-0.05, 0) is 25.0 Å². The van der Waals surface area contributed by atoms with Crippen LogP contribution in [0.1, 0.15) is 42.7 Å². The van der Waals surface area contributed by atoms with Crippen LogP contribution >= 0.6 is 0 Å². The van der Waals surface area contributed by atoms with Crippen LogP contribution < -0.4 is 11.1 Å². The molecule has 1 aliphatic rings. The number of hydrogen-bond donors (Lipinski definition) is 2. The molecule has 1 saturated carbocycles. The van der Waals surface area contributed by atoms with Crippen molar-refractivity contribution in [3.05, 3.63) is 36.1 Å². The van der Waals surface area contributed by atoms with Crippen molar-refractivity contribution in [2.45, 2.75) is 37.6 Å². The van der Waals surface area contributed by atoms with Gasteiger partial charge in [0.25, 0.3) is 5.91 Å². The van der Waals surface area contributed by atoms with Crippen molar-refractivity contribution >= 4 is 16.9 Å². The van der Waals surface area contributed by atoms with E-state index in [1.165, 1.54) is 6.42 Å². The van der Waals surface area contributed by atoms with Gasteiger partial charge in [-0.1, -0.05) is 37.5 Å². The molecule has 1 heterocycles. The molecule has 0 aliphatic heterocycles. The topological polar surface area (TPSA) is 68.3 Å². The fourth-order valence-corrected chi connectivity index (χ4v) is 3.00. The molecule has 0 unspecified atom stereocenters. The van der Waals surface area contributed by atoms with E-state index in [1.807, 2.05) is 24.3 Å². The quantitative estimate of drug-likeness (QED) is 0.902. The Morgan fingerprint density at radius 3 is 2.70 bits per heavy atom. The van der Waals surface area contributed by atoms with E-state index in [0.29, 0.717) is 12.3 Å². The fraction of sp³-hybridized carbons (Fsp3) is 0.438. The van der Waals surface area contributed by atoms with Crippen molar-refractivity contribution in [3.63, 3.8) is 0 Å². The molecule has 1 amide bonds. The number of furan rings is 1. The molecule has 2 aromatic rings. The number of amides is 1. The second kappa shape index (κ2) is 5.29. The zero-order valence-corrected chi connectivity index (χ0v) is 11.5. The first-order chi connectivity index (χ1) is 9.72. The van der Waals surface area contributed by atoms with E-state index in [-0.39, 0.29) is 11.4 Å². The first-order valence-corrected chi connectivity index (χ1v) is 7.24. The van der Waals surface area contributed by atoms with Crippen LogP contribution in [0.15, 0.2) is 34.7 Å². The van der Waals surface area contributed by atoms with Gasteiger partial charge in [0, 0.05) is 11.9 Å². The van der Waals surface area contributed by atoms with Gasteiger partial charge in [-0.2, -0.15) is 0 Å². The molecule has 4 nitrogen and oxygen atoms in total. The van der Waals surface area contributed by atoms with Gasteiger partial charge in [-0.25, -0.2) is 0 Å². The molecule has 1 aromatic carbocycles. The fourth-order valence-electron chi connectivity index (χ4n) is 3.00. The van der Waals surface area contributed by atoms with E-state index < -0.39 is 0 Å². The van der Waals surface area contributed by atoms with Crippen molar-refractivity contribution in [2.75, 3.05) is 6.54 Å². The summed E-state index contributed by atoms with van der Waals surface area (Å²) in [6.07, 6.45) is 5.38. The minimum absolute atomic E-state index is 0.159. The highest BCUT2D eigenvalue weighted by Crippen LogP contribution is 2.28. The van der Waals surface area contributed by atoms with E-state index in [0.717, 1.165) is 36.7 Å². The van der Waals surface area contributed by atoms with E-state index in [9.17, 15) is 4.79 Å². The monoisotopic (exact) mass is 272 g/mol. The molecule has 0 spiro atoms. The number of para-hydroxylation sites is 1. The summed E-state index contributed by atoms with van der Waals surface area (Å²) in [5.74, 6) is 0.207. The second-order valence-corrected chi connectivity index (χ2v) is 5.65. The third-order valence-corrected chi connectivity index (χ3v) is 4.23. The van der Waals surface area contributed by atoms with Gasteiger partial charge >= 0.3 is 0 Å². The Balaban J connectivity index is 1.81. The minimum Gasteiger partial charge on any atom is -0.451 e. The van der Waals surface area contributed by atoms with Crippen LogP contribution in [0.3, 0.4) is 0 Å². The van der Waals surface area contributed by atoms with Crippen LogP contribution in [-0.2, 0) is 0 Å². The molecule has 3 N–H and O–H groups in total. The minimum atomic E-state index is -0.256. The molecule has 106 valence electrons. The first kappa shape index (κ1) is 13.2. The van der Waals surface area contributed by atoms with E-state index in [4.69, 9.17) is 10.2 Å². The third kappa shape index (κ3) is 2.43. The van der Waals surface area contributed by atoms with Gasteiger partial charge in [-0.3, -0.25) is 4.79 Å².